The molecule has 1 aliphatic heterocycles. The molecule has 0 radical (unpaired) electrons. The van der Waals surface area contributed by atoms with Crippen LogP contribution in [0.1, 0.15) is 51.8 Å². The van der Waals surface area contributed by atoms with Crippen molar-refractivity contribution >= 4 is 39.1 Å². The number of pyridine rings is 1. The van der Waals surface area contributed by atoms with Gasteiger partial charge in [-0.05, 0) is 60.1 Å². The van der Waals surface area contributed by atoms with Gasteiger partial charge in [0.25, 0.3) is 0 Å². The highest BCUT2D eigenvalue weighted by atomic mass is 79.9. The summed E-state index contributed by atoms with van der Waals surface area (Å²) in [5, 5.41) is 4.09. The van der Waals surface area contributed by atoms with E-state index < -0.39 is 23.5 Å². The summed E-state index contributed by atoms with van der Waals surface area (Å²) in [6.07, 6.45) is 1.73. The summed E-state index contributed by atoms with van der Waals surface area (Å²) in [5.41, 5.74) is 0.184. The Morgan fingerprint density at radius 2 is 1.85 bits per heavy atom. The molecule has 1 aliphatic rings. The van der Waals surface area contributed by atoms with Gasteiger partial charge in [-0.3, -0.25) is 0 Å². The van der Waals surface area contributed by atoms with Crippen LogP contribution in [-0.2, 0) is 22.0 Å². The number of nitrogens with zero attached hydrogens (tertiary/aromatic N) is 3. The molecule has 0 saturated carbocycles. The topological polar surface area (TPSA) is 76.1 Å². The van der Waals surface area contributed by atoms with Crippen LogP contribution in [0.25, 0.3) is 0 Å². The predicted molar refractivity (Wildman–Crippen MR) is 165 cm³/mol. The van der Waals surface area contributed by atoms with Crippen molar-refractivity contribution in [2.24, 2.45) is 4.36 Å². The van der Waals surface area contributed by atoms with Gasteiger partial charge in [0, 0.05) is 31.3 Å². The van der Waals surface area contributed by atoms with Crippen LogP contribution < -0.4 is 20.0 Å². The van der Waals surface area contributed by atoms with Crippen LogP contribution in [0.4, 0.5) is 4.39 Å². The summed E-state index contributed by atoms with van der Waals surface area (Å²) in [6.45, 7) is 9.90. The molecular weight excluding hydrogens is 599 g/mol. The lowest BCUT2D eigenvalue weighted by atomic mass is 9.99. The van der Waals surface area contributed by atoms with Gasteiger partial charge in [0.05, 0.1) is 39.3 Å². The van der Waals surface area contributed by atoms with E-state index in [0.29, 0.717) is 41.4 Å². The number of hydrogen-bond acceptors (Lipinski definition) is 6. The monoisotopic (exact) mass is 642 g/mol. The van der Waals surface area contributed by atoms with Gasteiger partial charge in [-0.25, -0.2) is 22.3 Å². The van der Waals surface area contributed by atoms with Crippen molar-refractivity contribution in [2.45, 2.75) is 70.8 Å². The normalized spacial score (nSPS) is 20.1. The average Bonchev–Trinajstić information content (AvgIpc) is 3.12. The van der Waals surface area contributed by atoms with Crippen LogP contribution in [0, 0.1) is 5.82 Å². The van der Waals surface area contributed by atoms with Crippen molar-refractivity contribution < 1.29 is 18.1 Å². The molecule has 1 N–H and O–H groups in total. The van der Waals surface area contributed by atoms with Crippen LogP contribution in [0.3, 0.4) is 0 Å². The molecule has 7 nitrogen and oxygen atoms in total. The Morgan fingerprint density at radius 1 is 1.15 bits per heavy atom. The fourth-order valence-corrected chi connectivity index (χ4v) is 12.5. The van der Waals surface area contributed by atoms with E-state index in [2.05, 4.69) is 47.0 Å². The molecule has 218 valence electrons. The van der Waals surface area contributed by atoms with Gasteiger partial charge >= 0.3 is 0 Å². The van der Waals surface area contributed by atoms with Gasteiger partial charge in [-0.2, -0.15) is 0 Å². The number of hydrogen-bond donors (Lipinski definition) is 1. The fraction of sp³-hybridized carbons (Fsp3) is 0.607. The lowest BCUT2D eigenvalue weighted by molar-refractivity contribution is 0.370. The van der Waals surface area contributed by atoms with Gasteiger partial charge < -0.3 is 14.8 Å². The Bertz CT molecular complexity index is 1260. The van der Waals surface area contributed by atoms with E-state index in [1.54, 1.807) is 21.3 Å². The zero-order chi connectivity index (χ0) is 28.8. The van der Waals surface area contributed by atoms with Crippen LogP contribution in [-0.4, -0.2) is 61.7 Å². The highest BCUT2D eigenvalue weighted by Crippen LogP contribution is 2.33. The third-order valence-electron chi connectivity index (χ3n) is 8.43. The van der Waals surface area contributed by atoms with Crippen molar-refractivity contribution in [3.05, 3.63) is 45.9 Å². The average molecular weight is 644 g/mol. The minimum absolute atomic E-state index is 0.105. The molecule has 11 heteroatoms. The molecule has 0 fully saturated rings. The molecule has 0 aliphatic carbocycles. The Balaban J connectivity index is 2.09. The molecule has 1 unspecified atom stereocenters. The van der Waals surface area contributed by atoms with E-state index in [1.807, 2.05) is 35.5 Å². The quantitative estimate of drug-likeness (QED) is 0.233. The zero-order valence-corrected chi connectivity index (χ0v) is 27.8. The number of halogens is 2. The lowest BCUT2D eigenvalue weighted by Crippen LogP contribution is -2.52. The van der Waals surface area contributed by atoms with Crippen molar-refractivity contribution in [2.75, 3.05) is 40.1 Å². The van der Waals surface area contributed by atoms with Gasteiger partial charge in [0.1, 0.15) is 31.8 Å². The van der Waals surface area contributed by atoms with Gasteiger partial charge in [0.2, 0.25) is 0 Å². The second-order valence-electron chi connectivity index (χ2n) is 10.4. The first-order valence-corrected chi connectivity index (χ1v) is 18.8. The van der Waals surface area contributed by atoms with E-state index in [9.17, 15) is 4.21 Å². The maximum atomic E-state index is 16.5. The summed E-state index contributed by atoms with van der Waals surface area (Å²) < 4.78 is 49.6. The molecule has 39 heavy (non-hydrogen) atoms. The highest BCUT2D eigenvalue weighted by molar-refractivity contribution is 9.10. The Labute approximate surface area is 243 Å². The van der Waals surface area contributed by atoms with E-state index in [1.165, 1.54) is 0 Å². The van der Waals surface area contributed by atoms with E-state index >= 15 is 4.39 Å². The molecular formula is C28H44BrFN4O3SSi. The van der Waals surface area contributed by atoms with Crippen LogP contribution in [0.5, 0.6) is 11.5 Å². The number of ether oxygens (including phenoxy) is 2. The van der Waals surface area contributed by atoms with Crippen molar-refractivity contribution in [1.82, 2.24) is 14.6 Å². The summed E-state index contributed by atoms with van der Waals surface area (Å²) in [7, 11) is 0.0333. The van der Waals surface area contributed by atoms with E-state index in [4.69, 9.17) is 13.8 Å². The highest BCUT2D eigenvalue weighted by Gasteiger charge is 2.41. The van der Waals surface area contributed by atoms with Gasteiger partial charge in [-0.15, -0.1) is 0 Å². The summed E-state index contributed by atoms with van der Waals surface area (Å²) in [4.78, 5) is 4.65. The largest absolute Gasteiger partial charge is 0.497 e. The van der Waals surface area contributed by atoms with Crippen molar-refractivity contribution in [1.29, 1.82) is 0 Å². The second-order valence-corrected chi connectivity index (χ2v) is 18.7. The van der Waals surface area contributed by atoms with Gasteiger partial charge in [-0.1, -0.05) is 45.0 Å². The lowest BCUT2D eigenvalue weighted by Gasteiger charge is -2.36. The summed E-state index contributed by atoms with van der Waals surface area (Å²) in [5.74, 6) is 1.19. The van der Waals surface area contributed by atoms with Crippen LogP contribution in [0.15, 0.2) is 33.2 Å². The molecule has 0 amide bonds. The summed E-state index contributed by atoms with van der Waals surface area (Å²) in [6, 6.07) is 10.4. The molecule has 1 aromatic carbocycles. The maximum absolute atomic E-state index is 16.5. The SMILES string of the molecule is CC[Si](CC)(CC)c1cc(Br)nc([C@](C)(CS2(=O)=NCCCCN2Cc2ccc(OC)cc2OC)NC)c1F. The van der Waals surface area contributed by atoms with Crippen molar-refractivity contribution in [3.8, 4) is 11.5 Å². The Hall–Kier alpha value is -1.53. The maximum Gasteiger partial charge on any atom is 0.145 e. The number of benzene rings is 1. The smallest absolute Gasteiger partial charge is 0.145 e. The van der Waals surface area contributed by atoms with E-state index in [0.717, 1.165) is 41.7 Å². The number of methoxy groups -OCH3 is 2. The number of aromatic nitrogens is 1. The van der Waals surface area contributed by atoms with Crippen molar-refractivity contribution in [3.63, 3.8) is 0 Å². The van der Waals surface area contributed by atoms with E-state index in [-0.39, 0.29) is 11.6 Å². The molecule has 2 heterocycles. The molecule has 1 aromatic heterocycles. The first-order valence-electron chi connectivity index (χ1n) is 13.8. The fourth-order valence-electron chi connectivity index (χ4n) is 5.53. The third-order valence-corrected chi connectivity index (χ3v) is 17.1. The zero-order valence-electron chi connectivity index (χ0n) is 24.4. The molecule has 2 aromatic rings. The summed E-state index contributed by atoms with van der Waals surface area (Å²) >= 11 is 3.57. The van der Waals surface area contributed by atoms with Crippen LogP contribution >= 0.6 is 15.9 Å². The van der Waals surface area contributed by atoms with Crippen LogP contribution in [0.2, 0.25) is 18.1 Å². The number of rotatable bonds is 12. The third kappa shape index (κ3) is 6.69. The Morgan fingerprint density at radius 3 is 2.44 bits per heavy atom. The first kappa shape index (κ1) is 32.0. The minimum Gasteiger partial charge on any atom is -0.497 e. The minimum atomic E-state index is -2.92. The molecule has 2 atom stereocenters. The molecule has 3 rings (SSSR count). The molecule has 0 bridgehead atoms. The van der Waals surface area contributed by atoms with Gasteiger partial charge in [0.15, 0.2) is 0 Å². The first-order chi connectivity index (χ1) is 18.5. The Kier molecular flexibility index (Phi) is 11.0. The predicted octanol–water partition coefficient (Wildman–Crippen LogP) is 5.83. The second kappa shape index (κ2) is 13.4. The standard InChI is InChI=1S/C28H44BrFN4O3SSi/c1-8-39(9-2,10-3)24-18-25(29)33-27(26(24)30)28(4,31-5)20-38(35)32-15-11-12-16-34(38)19-21-13-14-22(36-6)17-23(21)37-7/h13-14,17-18,31H,8-12,15-16,19-20H2,1-7H3/t28-,38?/m0/s1. The molecule has 0 saturated heterocycles. The molecule has 0 spiro atoms. The number of nitrogens with one attached hydrogen (secondary N) is 1.